The molecule has 100 valence electrons. The maximum Gasteiger partial charge on any atom is 0.306 e. The number of thioether (sulfide) groups is 1. The number of aromatic hydroxyl groups is 2. The van der Waals surface area contributed by atoms with Gasteiger partial charge in [-0.2, -0.15) is 0 Å². The number of rotatable bonds is 5. The number of esters is 1. The van der Waals surface area contributed by atoms with Gasteiger partial charge in [-0.1, -0.05) is 0 Å². The van der Waals surface area contributed by atoms with Crippen LogP contribution in [0.3, 0.4) is 0 Å². The van der Waals surface area contributed by atoms with Gasteiger partial charge in [0, 0.05) is 11.3 Å². The molecule has 1 aromatic rings. The molecular formula is C13H18O4S. The minimum atomic E-state index is -0.251. The topological polar surface area (TPSA) is 66.8 Å². The molecular weight excluding hydrogens is 252 g/mol. The zero-order valence-electron chi connectivity index (χ0n) is 10.8. The van der Waals surface area contributed by atoms with E-state index in [1.54, 1.807) is 20.8 Å². The summed E-state index contributed by atoms with van der Waals surface area (Å²) in [5, 5.41) is 19.6. The smallest absolute Gasteiger partial charge is 0.306 e. The highest BCUT2D eigenvalue weighted by Gasteiger charge is 2.13. The molecule has 1 rings (SSSR count). The fraction of sp³-hybridized carbons (Fsp3) is 0.462. The summed E-state index contributed by atoms with van der Waals surface area (Å²) in [4.78, 5) is 11.8. The van der Waals surface area contributed by atoms with E-state index in [1.165, 1.54) is 17.8 Å². The van der Waals surface area contributed by atoms with Crippen LogP contribution in [-0.2, 0) is 9.53 Å². The van der Waals surface area contributed by atoms with Crippen molar-refractivity contribution >= 4 is 17.7 Å². The quantitative estimate of drug-likeness (QED) is 0.489. The summed E-state index contributed by atoms with van der Waals surface area (Å²) in [7, 11) is 0. The van der Waals surface area contributed by atoms with Crippen LogP contribution in [0, 0.1) is 13.8 Å². The van der Waals surface area contributed by atoms with Crippen molar-refractivity contribution in [1.82, 2.24) is 0 Å². The molecule has 0 unspecified atom stereocenters. The van der Waals surface area contributed by atoms with Crippen LogP contribution >= 0.6 is 11.8 Å². The SMILES string of the molecule is CCOC(=O)CCSc1c(O)cc(C)c(O)c1C. The molecule has 18 heavy (non-hydrogen) atoms. The minimum Gasteiger partial charge on any atom is -0.507 e. The van der Waals surface area contributed by atoms with Crippen LogP contribution in [0.4, 0.5) is 0 Å². The van der Waals surface area contributed by atoms with Gasteiger partial charge in [0.2, 0.25) is 0 Å². The van der Waals surface area contributed by atoms with E-state index in [1.807, 2.05) is 0 Å². The number of ether oxygens (including phenoxy) is 1. The predicted molar refractivity (Wildman–Crippen MR) is 71.2 cm³/mol. The standard InChI is InChI=1S/C13H18O4S/c1-4-17-11(15)5-6-18-13-9(3)12(16)8(2)7-10(13)14/h7,14,16H,4-6H2,1-3H3. The zero-order valence-corrected chi connectivity index (χ0v) is 11.6. The summed E-state index contributed by atoms with van der Waals surface area (Å²) >= 11 is 1.34. The van der Waals surface area contributed by atoms with Crippen LogP contribution in [0.5, 0.6) is 11.5 Å². The van der Waals surface area contributed by atoms with Crippen molar-refractivity contribution in [2.24, 2.45) is 0 Å². The molecule has 0 fully saturated rings. The van der Waals surface area contributed by atoms with Gasteiger partial charge in [0.1, 0.15) is 11.5 Å². The largest absolute Gasteiger partial charge is 0.507 e. The lowest BCUT2D eigenvalue weighted by Gasteiger charge is -2.11. The molecule has 0 saturated carbocycles. The van der Waals surface area contributed by atoms with Gasteiger partial charge in [0.25, 0.3) is 0 Å². The second-order valence-electron chi connectivity index (χ2n) is 3.92. The zero-order chi connectivity index (χ0) is 13.7. The lowest BCUT2D eigenvalue weighted by atomic mass is 10.1. The van der Waals surface area contributed by atoms with Crippen molar-refractivity contribution in [2.45, 2.75) is 32.1 Å². The average Bonchev–Trinajstić information content (AvgIpc) is 2.31. The van der Waals surface area contributed by atoms with Gasteiger partial charge in [-0.25, -0.2) is 0 Å². The van der Waals surface area contributed by atoms with Gasteiger partial charge < -0.3 is 14.9 Å². The van der Waals surface area contributed by atoms with Gasteiger partial charge in [0.15, 0.2) is 0 Å². The number of carbonyl (C=O) groups is 1. The van der Waals surface area contributed by atoms with Crippen LogP contribution in [0.15, 0.2) is 11.0 Å². The summed E-state index contributed by atoms with van der Waals surface area (Å²) in [5.41, 5.74) is 1.28. The minimum absolute atomic E-state index is 0.136. The lowest BCUT2D eigenvalue weighted by Crippen LogP contribution is -2.04. The van der Waals surface area contributed by atoms with Crippen LogP contribution in [0.25, 0.3) is 0 Å². The van der Waals surface area contributed by atoms with E-state index < -0.39 is 0 Å². The Kier molecular flexibility index (Phi) is 5.34. The van der Waals surface area contributed by atoms with Gasteiger partial charge >= 0.3 is 5.97 Å². The van der Waals surface area contributed by atoms with Crippen molar-refractivity contribution in [3.05, 3.63) is 17.2 Å². The molecule has 0 atom stereocenters. The molecule has 0 radical (unpaired) electrons. The molecule has 0 bridgehead atoms. The molecule has 0 spiro atoms. The molecule has 0 aliphatic rings. The summed E-state index contributed by atoms with van der Waals surface area (Å²) in [6.07, 6.45) is 0.284. The second kappa shape index (κ2) is 6.54. The molecule has 4 nitrogen and oxygen atoms in total. The van der Waals surface area contributed by atoms with Crippen LogP contribution in [0.1, 0.15) is 24.5 Å². The van der Waals surface area contributed by atoms with E-state index >= 15 is 0 Å². The van der Waals surface area contributed by atoms with E-state index in [0.717, 1.165) is 0 Å². The summed E-state index contributed by atoms with van der Waals surface area (Å²) < 4.78 is 4.82. The highest BCUT2D eigenvalue weighted by molar-refractivity contribution is 7.99. The third kappa shape index (κ3) is 3.57. The first-order valence-corrected chi connectivity index (χ1v) is 6.76. The Morgan fingerprint density at radius 3 is 2.67 bits per heavy atom. The summed E-state index contributed by atoms with van der Waals surface area (Å²) in [5.74, 6) is 0.581. The number of phenolic OH excluding ortho intramolecular Hbond substituents is 2. The number of hydrogen-bond acceptors (Lipinski definition) is 5. The fourth-order valence-electron chi connectivity index (χ4n) is 1.59. The van der Waals surface area contributed by atoms with Gasteiger partial charge in [-0.05, 0) is 32.4 Å². The number of carbonyl (C=O) groups excluding carboxylic acids is 1. The fourth-order valence-corrected chi connectivity index (χ4v) is 2.58. The highest BCUT2D eigenvalue weighted by Crippen LogP contribution is 2.38. The number of hydrogen-bond donors (Lipinski definition) is 2. The normalized spacial score (nSPS) is 10.4. The maximum atomic E-state index is 11.2. The lowest BCUT2D eigenvalue weighted by molar-refractivity contribution is -0.142. The third-order valence-electron chi connectivity index (χ3n) is 2.51. The molecule has 0 aromatic heterocycles. The van der Waals surface area contributed by atoms with Crippen molar-refractivity contribution in [3.8, 4) is 11.5 Å². The van der Waals surface area contributed by atoms with E-state index in [-0.39, 0.29) is 23.9 Å². The molecule has 0 saturated heterocycles. The molecule has 1 aromatic carbocycles. The maximum absolute atomic E-state index is 11.2. The Morgan fingerprint density at radius 2 is 2.06 bits per heavy atom. The Hall–Kier alpha value is -1.36. The van der Waals surface area contributed by atoms with E-state index in [9.17, 15) is 15.0 Å². The average molecular weight is 270 g/mol. The van der Waals surface area contributed by atoms with E-state index in [2.05, 4.69) is 0 Å². The molecule has 2 N–H and O–H groups in total. The van der Waals surface area contributed by atoms with Crippen molar-refractivity contribution in [1.29, 1.82) is 0 Å². The van der Waals surface area contributed by atoms with Gasteiger partial charge in [-0.3, -0.25) is 4.79 Å². The predicted octanol–water partition coefficient (Wildman–Crippen LogP) is 2.76. The van der Waals surface area contributed by atoms with E-state index in [0.29, 0.717) is 28.4 Å². The third-order valence-corrected chi connectivity index (χ3v) is 3.73. The Bertz CT molecular complexity index is 443. The highest BCUT2D eigenvalue weighted by atomic mass is 32.2. The summed E-state index contributed by atoms with van der Waals surface area (Å²) in [6, 6.07) is 1.52. The van der Waals surface area contributed by atoms with E-state index in [4.69, 9.17) is 4.74 Å². The first-order chi connectivity index (χ1) is 8.47. The summed E-state index contributed by atoms with van der Waals surface area (Å²) in [6.45, 7) is 5.61. The van der Waals surface area contributed by atoms with Crippen molar-refractivity contribution in [2.75, 3.05) is 12.4 Å². The van der Waals surface area contributed by atoms with Crippen LogP contribution in [0.2, 0.25) is 0 Å². The van der Waals surface area contributed by atoms with Crippen LogP contribution < -0.4 is 0 Å². The Morgan fingerprint density at radius 1 is 1.39 bits per heavy atom. The molecule has 0 heterocycles. The monoisotopic (exact) mass is 270 g/mol. The molecule has 5 heteroatoms. The first-order valence-electron chi connectivity index (χ1n) is 5.77. The number of aryl methyl sites for hydroxylation is 1. The Balaban J connectivity index is 2.68. The second-order valence-corrected chi connectivity index (χ2v) is 5.02. The molecule has 0 aliphatic heterocycles. The van der Waals surface area contributed by atoms with Gasteiger partial charge in [0.05, 0.1) is 17.9 Å². The van der Waals surface area contributed by atoms with Gasteiger partial charge in [-0.15, -0.1) is 11.8 Å². The first kappa shape index (κ1) is 14.7. The number of benzene rings is 1. The van der Waals surface area contributed by atoms with Crippen molar-refractivity contribution in [3.63, 3.8) is 0 Å². The molecule has 0 amide bonds. The molecule has 0 aliphatic carbocycles. The Labute approximate surface area is 111 Å². The van der Waals surface area contributed by atoms with Crippen molar-refractivity contribution < 1.29 is 19.7 Å². The number of phenols is 2. The van der Waals surface area contributed by atoms with Crippen LogP contribution in [-0.4, -0.2) is 28.5 Å².